The summed E-state index contributed by atoms with van der Waals surface area (Å²) in [5, 5.41) is 0.502. The molecule has 3 aliphatic heterocycles. The average Bonchev–Trinajstić information content (AvgIpc) is 3.33. The Morgan fingerprint density at radius 3 is 2.84 bits per heavy atom. The first-order chi connectivity index (χ1) is 21.5. The highest BCUT2D eigenvalue weighted by molar-refractivity contribution is 5.93. The van der Waals surface area contributed by atoms with Crippen molar-refractivity contribution in [2.24, 2.45) is 5.92 Å². The zero-order valence-corrected chi connectivity index (χ0v) is 24.8. The van der Waals surface area contributed by atoms with Crippen molar-refractivity contribution in [2.45, 2.75) is 56.0 Å². The number of hydrogen-bond acceptors (Lipinski definition) is 7. The van der Waals surface area contributed by atoms with E-state index in [9.17, 15) is 4.79 Å². The second kappa shape index (κ2) is 10.5. The van der Waals surface area contributed by atoms with Crippen LogP contribution in [0.4, 0.5) is 10.2 Å². The van der Waals surface area contributed by atoms with Gasteiger partial charge in [0.2, 0.25) is 12.5 Å². The van der Waals surface area contributed by atoms with Gasteiger partial charge in [-0.1, -0.05) is 24.8 Å². The van der Waals surface area contributed by atoms with Gasteiger partial charge in [0.25, 0.3) is 0 Å². The Balaban J connectivity index is 1.21. The van der Waals surface area contributed by atoms with Crippen LogP contribution in [0.5, 0.6) is 6.01 Å². The minimum atomic E-state index is -0.465. The topological polar surface area (TPSA) is 79.1 Å². The Labute approximate surface area is 256 Å². The third kappa shape index (κ3) is 4.35. The van der Waals surface area contributed by atoms with Gasteiger partial charge in [0, 0.05) is 31.4 Å². The number of ether oxygens (including phenoxy) is 1. The third-order valence-corrected chi connectivity index (χ3v) is 10.7. The van der Waals surface area contributed by atoms with Gasteiger partial charge in [-0.05, 0) is 80.7 Å². The fourth-order valence-electron chi connectivity index (χ4n) is 8.44. The molecule has 1 saturated carbocycles. The Morgan fingerprint density at radius 1 is 1.20 bits per heavy atom. The maximum Gasteiger partial charge on any atom is 0.319 e. The fourth-order valence-corrected chi connectivity index (χ4v) is 8.44. The first-order valence-corrected chi connectivity index (χ1v) is 15.9. The van der Waals surface area contributed by atoms with Crippen LogP contribution in [0.3, 0.4) is 0 Å². The number of rotatable bonds is 7. The molecule has 3 aromatic rings. The predicted octanol–water partition coefficient (Wildman–Crippen LogP) is 4.62. The summed E-state index contributed by atoms with van der Waals surface area (Å²) in [7, 11) is 0. The van der Waals surface area contributed by atoms with E-state index < -0.39 is 5.82 Å². The molecular formula is C34H36FN7O2. The minimum Gasteiger partial charge on any atom is -0.461 e. The number of fused-ring (bicyclic) bond motifs is 5. The fraction of sp³-hybridized carbons (Fsp3) is 0.500. The van der Waals surface area contributed by atoms with Gasteiger partial charge in [0.15, 0.2) is 5.82 Å². The summed E-state index contributed by atoms with van der Waals surface area (Å²) in [5.41, 5.74) is 3.89. The van der Waals surface area contributed by atoms with Gasteiger partial charge in [-0.2, -0.15) is 9.97 Å². The molecule has 4 fully saturated rings. The molecule has 9 nitrogen and oxygen atoms in total. The van der Waals surface area contributed by atoms with Crippen LogP contribution in [0, 0.1) is 18.3 Å². The minimum absolute atomic E-state index is 0.0107. The van der Waals surface area contributed by atoms with Crippen molar-refractivity contribution in [3.8, 4) is 17.3 Å². The van der Waals surface area contributed by atoms with E-state index in [4.69, 9.17) is 26.3 Å². The van der Waals surface area contributed by atoms with Gasteiger partial charge in [0.1, 0.15) is 29.7 Å². The average molecular weight is 594 g/mol. The van der Waals surface area contributed by atoms with Crippen molar-refractivity contribution < 1.29 is 13.9 Å². The number of piperazine rings is 1. The summed E-state index contributed by atoms with van der Waals surface area (Å²) >= 11 is 0. The Morgan fingerprint density at radius 2 is 2.05 bits per heavy atom. The molecule has 5 heterocycles. The van der Waals surface area contributed by atoms with Crippen LogP contribution < -0.4 is 9.64 Å². The highest BCUT2D eigenvalue weighted by Crippen LogP contribution is 2.58. The van der Waals surface area contributed by atoms with E-state index in [0.717, 1.165) is 57.2 Å². The van der Waals surface area contributed by atoms with Crippen LogP contribution >= 0.6 is 0 Å². The molecule has 10 heteroatoms. The zero-order valence-electron chi connectivity index (χ0n) is 24.8. The first kappa shape index (κ1) is 27.4. The van der Waals surface area contributed by atoms with E-state index in [1.165, 1.54) is 17.2 Å². The number of halogens is 1. The normalized spacial score (nSPS) is 25.0. The lowest BCUT2D eigenvalue weighted by Gasteiger charge is -2.39. The molecule has 0 bridgehead atoms. The summed E-state index contributed by atoms with van der Waals surface area (Å²) in [6.45, 7) is 15.2. The molecule has 226 valence electrons. The Kier molecular flexibility index (Phi) is 6.56. The largest absolute Gasteiger partial charge is 0.461 e. The van der Waals surface area contributed by atoms with E-state index in [1.54, 1.807) is 11.1 Å². The van der Waals surface area contributed by atoms with E-state index in [1.807, 2.05) is 17.0 Å². The number of anilines is 1. The lowest BCUT2D eigenvalue weighted by molar-refractivity contribution is -0.128. The summed E-state index contributed by atoms with van der Waals surface area (Å²) in [4.78, 5) is 36.7. The molecule has 5 aliphatic rings. The molecule has 3 saturated heterocycles. The molecular weight excluding hydrogens is 557 g/mol. The summed E-state index contributed by atoms with van der Waals surface area (Å²) < 4.78 is 23.1. The number of benzene rings is 1. The van der Waals surface area contributed by atoms with Crippen LogP contribution in [0.1, 0.15) is 49.1 Å². The molecule has 2 aliphatic carbocycles. The van der Waals surface area contributed by atoms with Gasteiger partial charge >= 0.3 is 6.01 Å². The van der Waals surface area contributed by atoms with Crippen LogP contribution in [0.2, 0.25) is 0 Å². The monoisotopic (exact) mass is 593 g/mol. The molecule has 1 aromatic carbocycles. The molecule has 0 unspecified atom stereocenters. The van der Waals surface area contributed by atoms with E-state index in [-0.39, 0.29) is 35.6 Å². The lowest BCUT2D eigenvalue weighted by Crippen LogP contribution is -2.56. The van der Waals surface area contributed by atoms with Crippen LogP contribution in [-0.4, -0.2) is 88.1 Å². The van der Waals surface area contributed by atoms with E-state index in [2.05, 4.69) is 22.4 Å². The van der Waals surface area contributed by atoms with Gasteiger partial charge in [-0.15, -0.1) is 0 Å². The maximum absolute atomic E-state index is 16.7. The zero-order chi connectivity index (χ0) is 30.0. The molecule has 3 atom stereocenters. The number of aromatic nitrogens is 3. The number of carbonyl (C=O) groups excluding carboxylic acids is 1. The van der Waals surface area contributed by atoms with Crippen molar-refractivity contribution in [1.29, 1.82) is 0 Å². The van der Waals surface area contributed by atoms with Gasteiger partial charge in [0.05, 0.1) is 10.9 Å². The molecule has 0 N–H and O–H groups in total. The van der Waals surface area contributed by atoms with Crippen molar-refractivity contribution in [1.82, 2.24) is 24.8 Å². The lowest BCUT2D eigenvalue weighted by atomic mass is 9.95. The summed E-state index contributed by atoms with van der Waals surface area (Å²) in [5.74, 6) is 1.03. The smallest absolute Gasteiger partial charge is 0.319 e. The summed E-state index contributed by atoms with van der Waals surface area (Å²) in [6, 6.07) is 5.94. The molecule has 0 spiro atoms. The van der Waals surface area contributed by atoms with Crippen LogP contribution in [0.15, 0.2) is 37.1 Å². The maximum atomic E-state index is 16.7. The van der Waals surface area contributed by atoms with Crippen molar-refractivity contribution in [3.63, 3.8) is 0 Å². The van der Waals surface area contributed by atoms with Crippen molar-refractivity contribution in [2.75, 3.05) is 50.8 Å². The third-order valence-electron chi connectivity index (χ3n) is 10.7. The Hall–Kier alpha value is -4.10. The van der Waals surface area contributed by atoms with E-state index in [0.29, 0.717) is 55.0 Å². The predicted molar refractivity (Wildman–Crippen MR) is 165 cm³/mol. The van der Waals surface area contributed by atoms with Crippen LogP contribution in [-0.2, 0) is 11.2 Å². The molecule has 44 heavy (non-hydrogen) atoms. The van der Waals surface area contributed by atoms with Crippen LogP contribution in [0.25, 0.3) is 27.0 Å². The highest BCUT2D eigenvalue weighted by Gasteiger charge is 2.47. The molecule has 8 rings (SSSR count). The summed E-state index contributed by atoms with van der Waals surface area (Å²) in [6.07, 6.45) is 9.64. The second-order valence-corrected chi connectivity index (χ2v) is 13.1. The van der Waals surface area contributed by atoms with Gasteiger partial charge < -0.3 is 19.4 Å². The SMILES string of the molecule is [C-]#[N+]C[C@H]1CN(c2nc(OCC34CCCN3CCC4)nc3c(F)c(-c4cccc5c4[C@@H]4C[C@@H]4C5)ncc23)CCN1C(=O)C=C. The Bertz CT molecular complexity index is 1710. The molecule has 1 amide bonds. The number of amides is 1. The number of pyridine rings is 1. The number of hydrogen-bond donors (Lipinski definition) is 0. The van der Waals surface area contributed by atoms with Crippen molar-refractivity contribution >= 4 is 22.6 Å². The second-order valence-electron chi connectivity index (χ2n) is 13.1. The van der Waals surface area contributed by atoms with Crippen molar-refractivity contribution in [3.05, 3.63) is 65.4 Å². The number of nitrogens with zero attached hydrogens (tertiary/aromatic N) is 7. The quantitative estimate of drug-likeness (QED) is 0.292. The highest BCUT2D eigenvalue weighted by atomic mass is 19.1. The number of carbonyl (C=O) groups is 1. The van der Waals surface area contributed by atoms with Gasteiger partial charge in [-0.25, -0.2) is 11.0 Å². The molecule has 2 aromatic heterocycles. The molecule has 0 radical (unpaired) electrons. The van der Waals surface area contributed by atoms with E-state index >= 15 is 4.39 Å². The standard InChI is InChI=1S/C34H36FN7O2/c1-3-27(43)42-14-13-40(19-23(42)17-36-2)32-26-18-37-30(24-8-4-7-21-15-22-16-25(22)28(21)24)29(35)31(26)38-33(39-32)44-20-34-9-5-11-41(34)12-6-10-34/h3-4,7-8,18,22-23,25H,1,5-6,9-17,19-20H2/t22-,23-,25+/m0/s1. The van der Waals surface area contributed by atoms with Gasteiger partial charge in [-0.3, -0.25) is 14.7 Å². The first-order valence-electron chi connectivity index (χ1n) is 15.9.